The van der Waals surface area contributed by atoms with E-state index in [4.69, 9.17) is 15.9 Å². The maximum Gasteiger partial charge on any atom is 0.339 e. The predicted octanol–water partition coefficient (Wildman–Crippen LogP) is 0.190. The first-order chi connectivity index (χ1) is 8.13. The van der Waals surface area contributed by atoms with Gasteiger partial charge in [-0.2, -0.15) is 0 Å². The molecule has 0 aromatic rings. The van der Waals surface area contributed by atoms with Gasteiger partial charge in [0, 0.05) is 6.42 Å². The maximum absolute atomic E-state index is 12.0. The number of rotatable bonds is 4. The summed E-state index contributed by atoms with van der Waals surface area (Å²) in [5.74, 6) is 1.07. The van der Waals surface area contributed by atoms with Gasteiger partial charge in [0.1, 0.15) is 0 Å². The van der Waals surface area contributed by atoms with Crippen LogP contribution in [0.4, 0.5) is 0 Å². The minimum atomic E-state index is -1.48. The number of ether oxygens (including phenoxy) is 2. The van der Waals surface area contributed by atoms with Crippen molar-refractivity contribution in [2.75, 3.05) is 27.3 Å². The van der Waals surface area contributed by atoms with Gasteiger partial charge in [-0.25, -0.2) is 9.59 Å². The lowest BCUT2D eigenvalue weighted by molar-refractivity contribution is -0.171. The van der Waals surface area contributed by atoms with Gasteiger partial charge in [-0.05, 0) is 25.9 Å². The number of carbonyl (C=O) groups is 2. The van der Waals surface area contributed by atoms with Gasteiger partial charge in [0.2, 0.25) is 5.54 Å². The molecule has 1 rings (SSSR count). The summed E-state index contributed by atoms with van der Waals surface area (Å²) in [6.45, 7) is 1.29. The van der Waals surface area contributed by atoms with E-state index in [1.54, 1.807) is 4.90 Å². The van der Waals surface area contributed by atoms with Gasteiger partial charge < -0.3 is 9.47 Å². The number of hydrogen-bond donors (Lipinski definition) is 0. The van der Waals surface area contributed by atoms with Crippen LogP contribution in [0.15, 0.2) is 0 Å². The topological polar surface area (TPSA) is 55.8 Å². The van der Waals surface area contributed by atoms with Crippen LogP contribution in [0.2, 0.25) is 0 Å². The fraction of sp³-hybridized carbons (Fsp3) is 0.667. The first kappa shape index (κ1) is 13.5. The van der Waals surface area contributed by atoms with Crippen LogP contribution in [-0.4, -0.2) is 49.7 Å². The van der Waals surface area contributed by atoms with Crippen LogP contribution in [0.5, 0.6) is 0 Å². The Morgan fingerprint density at radius 3 is 2.06 bits per heavy atom. The molecule has 1 fully saturated rings. The Hall–Kier alpha value is -1.54. The monoisotopic (exact) mass is 239 g/mol. The summed E-state index contributed by atoms with van der Waals surface area (Å²) < 4.78 is 9.45. The highest BCUT2D eigenvalue weighted by molar-refractivity contribution is 6.05. The first-order valence-electron chi connectivity index (χ1n) is 5.48. The van der Waals surface area contributed by atoms with E-state index < -0.39 is 17.5 Å². The molecule has 0 saturated carbocycles. The molecule has 0 unspecified atom stereocenters. The molecule has 0 N–H and O–H groups in total. The van der Waals surface area contributed by atoms with Crippen molar-refractivity contribution in [2.45, 2.75) is 24.8 Å². The molecule has 1 saturated heterocycles. The van der Waals surface area contributed by atoms with Gasteiger partial charge in [-0.1, -0.05) is 0 Å². The van der Waals surface area contributed by atoms with Crippen LogP contribution in [-0.2, 0) is 19.1 Å². The Morgan fingerprint density at radius 2 is 1.71 bits per heavy atom. The van der Waals surface area contributed by atoms with Crippen LogP contribution in [0.25, 0.3) is 0 Å². The standard InChI is InChI=1S/C12H17NO4/c1-4-7-12(10(14)16-2,11(15)17-3)13-8-5-6-9-13/h1H,5-9H2,2-3H3. The molecule has 5 heteroatoms. The molecule has 0 aliphatic carbocycles. The fourth-order valence-corrected chi connectivity index (χ4v) is 2.18. The molecule has 0 bridgehead atoms. The Morgan fingerprint density at radius 1 is 1.24 bits per heavy atom. The normalized spacial score (nSPS) is 16.3. The third-order valence-corrected chi connectivity index (χ3v) is 3.05. The highest BCUT2D eigenvalue weighted by Gasteiger charge is 2.53. The van der Waals surface area contributed by atoms with Crippen LogP contribution in [0.1, 0.15) is 19.3 Å². The van der Waals surface area contributed by atoms with Crippen molar-refractivity contribution in [3.8, 4) is 12.3 Å². The predicted molar refractivity (Wildman–Crippen MR) is 61.0 cm³/mol. The molecule has 0 atom stereocenters. The van der Waals surface area contributed by atoms with Crippen molar-refractivity contribution in [3.05, 3.63) is 0 Å². The highest BCUT2D eigenvalue weighted by atomic mass is 16.5. The van der Waals surface area contributed by atoms with E-state index in [1.165, 1.54) is 14.2 Å². The lowest BCUT2D eigenvalue weighted by Gasteiger charge is -2.34. The molecule has 0 spiro atoms. The summed E-state index contributed by atoms with van der Waals surface area (Å²) in [5, 5.41) is 0. The molecule has 5 nitrogen and oxygen atoms in total. The zero-order valence-corrected chi connectivity index (χ0v) is 10.2. The number of hydrogen-bond acceptors (Lipinski definition) is 5. The number of carbonyl (C=O) groups excluding carboxylic acids is 2. The maximum atomic E-state index is 12.0. The minimum Gasteiger partial charge on any atom is -0.467 e. The van der Waals surface area contributed by atoms with Crippen molar-refractivity contribution in [3.63, 3.8) is 0 Å². The third kappa shape index (κ3) is 2.27. The van der Waals surface area contributed by atoms with Crippen LogP contribution in [0, 0.1) is 12.3 Å². The van der Waals surface area contributed by atoms with E-state index in [1.807, 2.05) is 0 Å². The van der Waals surface area contributed by atoms with Crippen molar-refractivity contribution in [1.82, 2.24) is 4.90 Å². The number of esters is 2. The Bertz CT molecular complexity index is 323. The molecular weight excluding hydrogens is 222 g/mol. The number of methoxy groups -OCH3 is 2. The Kier molecular flexibility index (Phi) is 4.53. The highest BCUT2D eigenvalue weighted by Crippen LogP contribution is 2.27. The molecule has 0 amide bonds. The molecule has 0 radical (unpaired) electrons. The minimum absolute atomic E-state index is 0.0354. The summed E-state index contributed by atoms with van der Waals surface area (Å²) in [5.41, 5.74) is -1.48. The SMILES string of the molecule is C#CCC(C(=O)OC)(C(=O)OC)N1CCCC1. The van der Waals surface area contributed by atoms with Gasteiger partial charge >= 0.3 is 11.9 Å². The van der Waals surface area contributed by atoms with E-state index in [2.05, 4.69) is 5.92 Å². The van der Waals surface area contributed by atoms with Crippen LogP contribution >= 0.6 is 0 Å². The van der Waals surface area contributed by atoms with E-state index >= 15 is 0 Å². The number of nitrogens with zero attached hydrogens (tertiary/aromatic N) is 1. The average molecular weight is 239 g/mol. The summed E-state index contributed by atoms with van der Waals surface area (Å²) in [6.07, 6.45) is 7.10. The van der Waals surface area contributed by atoms with Crippen molar-refractivity contribution in [1.29, 1.82) is 0 Å². The van der Waals surface area contributed by atoms with Gasteiger partial charge in [0.25, 0.3) is 0 Å². The van der Waals surface area contributed by atoms with Crippen molar-refractivity contribution >= 4 is 11.9 Å². The largest absolute Gasteiger partial charge is 0.467 e. The van der Waals surface area contributed by atoms with E-state index in [0.717, 1.165) is 12.8 Å². The second kappa shape index (κ2) is 5.69. The fourth-order valence-electron chi connectivity index (χ4n) is 2.18. The molecule has 0 aromatic heterocycles. The molecule has 1 aliphatic heterocycles. The first-order valence-corrected chi connectivity index (χ1v) is 5.48. The second-order valence-electron chi connectivity index (χ2n) is 3.92. The van der Waals surface area contributed by atoms with Gasteiger partial charge in [0.05, 0.1) is 14.2 Å². The number of likely N-dealkylation sites (tertiary alicyclic amines) is 1. The Balaban J connectivity index is 3.14. The zero-order chi connectivity index (χ0) is 12.9. The molecule has 17 heavy (non-hydrogen) atoms. The summed E-state index contributed by atoms with van der Waals surface area (Å²) in [7, 11) is 2.49. The van der Waals surface area contributed by atoms with Crippen LogP contribution < -0.4 is 0 Å². The average Bonchev–Trinajstić information content (AvgIpc) is 2.88. The molecule has 1 heterocycles. The lowest BCUT2D eigenvalue weighted by Crippen LogP contribution is -2.60. The van der Waals surface area contributed by atoms with E-state index in [9.17, 15) is 9.59 Å². The molecular formula is C12H17NO4. The van der Waals surface area contributed by atoms with Gasteiger partial charge in [-0.3, -0.25) is 4.90 Å². The summed E-state index contributed by atoms with van der Waals surface area (Å²) in [6, 6.07) is 0. The quantitative estimate of drug-likeness (QED) is 0.398. The molecule has 1 aliphatic rings. The van der Waals surface area contributed by atoms with Crippen LogP contribution in [0.3, 0.4) is 0 Å². The summed E-state index contributed by atoms with van der Waals surface area (Å²) >= 11 is 0. The van der Waals surface area contributed by atoms with E-state index in [0.29, 0.717) is 13.1 Å². The van der Waals surface area contributed by atoms with Crippen molar-refractivity contribution in [2.24, 2.45) is 0 Å². The number of terminal acetylenes is 1. The summed E-state index contributed by atoms with van der Waals surface area (Å²) in [4.78, 5) is 25.7. The van der Waals surface area contributed by atoms with E-state index in [-0.39, 0.29) is 6.42 Å². The lowest BCUT2D eigenvalue weighted by atomic mass is 9.93. The molecule has 0 aromatic carbocycles. The Labute approximate surface area is 101 Å². The van der Waals surface area contributed by atoms with Gasteiger partial charge in [-0.15, -0.1) is 12.3 Å². The smallest absolute Gasteiger partial charge is 0.339 e. The zero-order valence-electron chi connectivity index (χ0n) is 10.2. The molecule has 94 valence electrons. The third-order valence-electron chi connectivity index (χ3n) is 3.05. The van der Waals surface area contributed by atoms with Gasteiger partial charge in [0.15, 0.2) is 0 Å². The second-order valence-corrected chi connectivity index (χ2v) is 3.92. The van der Waals surface area contributed by atoms with Crippen molar-refractivity contribution < 1.29 is 19.1 Å².